The number of carbonyl (C=O) groups excluding carboxylic acids is 1. The van der Waals surface area contributed by atoms with Gasteiger partial charge in [-0.1, -0.05) is 150 Å². The van der Waals surface area contributed by atoms with Crippen LogP contribution in [0.25, 0.3) is 0 Å². The number of hydrogen-bond acceptors (Lipinski definition) is 3. The van der Waals surface area contributed by atoms with Crippen LogP contribution in [0.15, 0.2) is 97.2 Å². The largest absolute Gasteiger partial charge is 0.394 e. The van der Waals surface area contributed by atoms with Gasteiger partial charge in [0.2, 0.25) is 5.91 Å². The first-order chi connectivity index (χ1) is 22.2. The first-order valence-electron chi connectivity index (χ1n) is 17.9. The van der Waals surface area contributed by atoms with E-state index in [0.717, 1.165) is 109 Å². The summed E-state index contributed by atoms with van der Waals surface area (Å²) < 4.78 is 0. The predicted octanol–water partition coefficient (Wildman–Crippen LogP) is 10.7. The quantitative estimate of drug-likeness (QED) is 0.0552. The zero-order chi connectivity index (χ0) is 32.9. The first-order valence-corrected chi connectivity index (χ1v) is 17.9. The summed E-state index contributed by atoms with van der Waals surface area (Å²) in [6.07, 6.45) is 53.6. The Morgan fingerprint density at radius 3 is 1.42 bits per heavy atom. The van der Waals surface area contributed by atoms with E-state index in [2.05, 4.69) is 116 Å². The maximum atomic E-state index is 12.2. The van der Waals surface area contributed by atoms with Gasteiger partial charge in [0, 0.05) is 6.42 Å². The Kier molecular flexibility index (Phi) is 33.6. The van der Waals surface area contributed by atoms with Crippen LogP contribution < -0.4 is 5.32 Å². The van der Waals surface area contributed by atoms with Crippen molar-refractivity contribution in [3.63, 3.8) is 0 Å². The second-order valence-corrected chi connectivity index (χ2v) is 11.6. The predicted molar refractivity (Wildman–Crippen MR) is 197 cm³/mol. The third-order valence-corrected chi connectivity index (χ3v) is 7.36. The van der Waals surface area contributed by atoms with Gasteiger partial charge in [-0.15, -0.1) is 0 Å². The van der Waals surface area contributed by atoms with Gasteiger partial charge in [0.15, 0.2) is 0 Å². The molecule has 0 aromatic heterocycles. The highest BCUT2D eigenvalue weighted by atomic mass is 16.3. The number of carbonyl (C=O) groups is 1. The second kappa shape index (κ2) is 35.8. The molecular formula is C41H67NO3. The van der Waals surface area contributed by atoms with Crippen LogP contribution in [0.5, 0.6) is 0 Å². The Morgan fingerprint density at radius 1 is 0.556 bits per heavy atom. The lowest BCUT2D eigenvalue weighted by atomic mass is 10.0. The Morgan fingerprint density at radius 2 is 0.978 bits per heavy atom. The van der Waals surface area contributed by atoms with Gasteiger partial charge >= 0.3 is 0 Å². The highest BCUT2D eigenvalue weighted by Crippen LogP contribution is 2.10. The number of hydrogen-bond donors (Lipinski definition) is 3. The minimum atomic E-state index is -0.672. The summed E-state index contributed by atoms with van der Waals surface area (Å²) in [5.74, 6) is -0.0719. The van der Waals surface area contributed by atoms with E-state index in [0.29, 0.717) is 12.8 Å². The van der Waals surface area contributed by atoms with E-state index in [1.807, 2.05) is 0 Å². The molecule has 0 aromatic rings. The zero-order valence-corrected chi connectivity index (χ0v) is 28.8. The van der Waals surface area contributed by atoms with E-state index in [1.54, 1.807) is 0 Å². The van der Waals surface area contributed by atoms with Crippen molar-refractivity contribution < 1.29 is 15.0 Å². The number of rotatable bonds is 30. The van der Waals surface area contributed by atoms with Gasteiger partial charge in [0.1, 0.15) is 0 Å². The fourth-order valence-electron chi connectivity index (χ4n) is 4.61. The molecule has 2 atom stereocenters. The fourth-order valence-corrected chi connectivity index (χ4v) is 4.61. The molecule has 0 saturated heterocycles. The molecule has 0 aliphatic carbocycles. The summed E-state index contributed by atoms with van der Waals surface area (Å²) in [6, 6.07) is -0.552. The van der Waals surface area contributed by atoms with Gasteiger partial charge in [-0.25, -0.2) is 0 Å². The van der Waals surface area contributed by atoms with Gasteiger partial charge in [0.05, 0.1) is 18.8 Å². The van der Waals surface area contributed by atoms with Gasteiger partial charge in [-0.2, -0.15) is 0 Å². The average Bonchev–Trinajstić information content (AvgIpc) is 3.04. The molecule has 0 heterocycles. The molecule has 0 aromatic carbocycles. The molecule has 0 saturated carbocycles. The van der Waals surface area contributed by atoms with E-state index in [9.17, 15) is 15.0 Å². The van der Waals surface area contributed by atoms with Crippen molar-refractivity contribution in [2.75, 3.05) is 6.61 Å². The number of amides is 1. The van der Waals surface area contributed by atoms with Crippen molar-refractivity contribution >= 4 is 5.91 Å². The normalized spacial score (nSPS) is 14.3. The van der Waals surface area contributed by atoms with Crippen molar-refractivity contribution in [3.8, 4) is 0 Å². The highest BCUT2D eigenvalue weighted by Gasteiger charge is 2.19. The molecule has 3 N–H and O–H groups in total. The molecule has 0 aliphatic heterocycles. The topological polar surface area (TPSA) is 69.6 Å². The molecule has 0 aliphatic rings. The maximum Gasteiger partial charge on any atom is 0.220 e. The van der Waals surface area contributed by atoms with Gasteiger partial charge in [-0.3, -0.25) is 4.79 Å². The molecule has 254 valence electrons. The fraction of sp³-hybridized carbons (Fsp3) is 0.585. The summed E-state index contributed by atoms with van der Waals surface area (Å²) in [4.78, 5) is 12.2. The van der Waals surface area contributed by atoms with Gasteiger partial charge < -0.3 is 15.5 Å². The number of aliphatic hydroxyl groups is 2. The summed E-state index contributed by atoms with van der Waals surface area (Å²) in [7, 11) is 0. The molecule has 0 rings (SSSR count). The summed E-state index contributed by atoms with van der Waals surface area (Å²) in [6.45, 7) is 4.09. The second-order valence-electron chi connectivity index (χ2n) is 11.6. The number of allylic oxidation sites excluding steroid dienone is 16. The van der Waals surface area contributed by atoms with Crippen LogP contribution in [0.1, 0.15) is 136 Å². The Balaban J connectivity index is 3.67. The maximum absolute atomic E-state index is 12.2. The molecule has 0 radical (unpaired) electrons. The Labute approximate surface area is 277 Å². The van der Waals surface area contributed by atoms with Crippen LogP contribution in [-0.4, -0.2) is 34.9 Å². The summed E-state index contributed by atoms with van der Waals surface area (Å²) >= 11 is 0. The smallest absolute Gasteiger partial charge is 0.220 e. The van der Waals surface area contributed by atoms with Crippen molar-refractivity contribution in [1.29, 1.82) is 0 Å². The van der Waals surface area contributed by atoms with Crippen molar-refractivity contribution in [2.45, 2.75) is 148 Å². The zero-order valence-electron chi connectivity index (χ0n) is 28.8. The lowest BCUT2D eigenvalue weighted by Gasteiger charge is -2.22. The monoisotopic (exact) mass is 622 g/mol. The molecule has 1 amide bonds. The van der Waals surface area contributed by atoms with Crippen molar-refractivity contribution in [3.05, 3.63) is 97.2 Å². The number of unbranched alkanes of at least 4 members (excludes halogenated alkanes) is 7. The average molecular weight is 622 g/mol. The number of nitrogens with one attached hydrogen (secondary N) is 1. The molecular weight excluding hydrogens is 554 g/mol. The molecule has 0 spiro atoms. The molecule has 2 unspecified atom stereocenters. The molecule has 0 bridgehead atoms. The van der Waals surface area contributed by atoms with E-state index < -0.39 is 12.1 Å². The van der Waals surface area contributed by atoms with Crippen LogP contribution in [0.4, 0.5) is 0 Å². The molecule has 4 heteroatoms. The van der Waals surface area contributed by atoms with Gasteiger partial charge in [-0.05, 0) is 77.0 Å². The number of aliphatic hydroxyl groups excluding tert-OH is 2. The van der Waals surface area contributed by atoms with Crippen LogP contribution in [0, 0.1) is 0 Å². The Hall–Kier alpha value is -2.69. The van der Waals surface area contributed by atoms with Crippen LogP contribution >= 0.6 is 0 Å². The third-order valence-electron chi connectivity index (χ3n) is 7.36. The lowest BCUT2D eigenvalue weighted by molar-refractivity contribution is -0.123. The third kappa shape index (κ3) is 32.5. The molecule has 0 fully saturated rings. The summed E-state index contributed by atoms with van der Waals surface area (Å²) in [5.41, 5.74) is 0. The first kappa shape index (κ1) is 42.3. The standard InChI is InChI=1S/C41H67NO3/c1-3-5-7-9-10-11-12-13-14-15-16-17-18-19-20-21-22-23-24-25-26-27-28-29-30-31-32-33-35-37-41(45)42-39(38-43)40(44)36-34-8-6-4-2/h5,7,10-11,13-14,16-17,19-20,22-23,25-26,28-29,39-40,43-44H,3-4,6,8-9,12,15,18,21,24,27,30-38H2,1-2H3,(H,42,45)/b7-5-,11-10-,14-13-,17-16-,20-19-,23-22-,26-25-,29-28-. The van der Waals surface area contributed by atoms with Crippen molar-refractivity contribution in [1.82, 2.24) is 5.32 Å². The highest BCUT2D eigenvalue weighted by molar-refractivity contribution is 5.76. The Bertz CT molecular complexity index is 890. The van der Waals surface area contributed by atoms with Crippen LogP contribution in [0.2, 0.25) is 0 Å². The minimum Gasteiger partial charge on any atom is -0.394 e. The minimum absolute atomic E-state index is 0.0719. The van der Waals surface area contributed by atoms with Crippen molar-refractivity contribution in [2.24, 2.45) is 0 Å². The van der Waals surface area contributed by atoms with E-state index in [4.69, 9.17) is 0 Å². The lowest BCUT2D eigenvalue weighted by Crippen LogP contribution is -2.45. The van der Waals surface area contributed by atoms with E-state index in [-0.39, 0.29) is 12.5 Å². The van der Waals surface area contributed by atoms with E-state index in [1.165, 1.54) is 0 Å². The molecule has 4 nitrogen and oxygen atoms in total. The van der Waals surface area contributed by atoms with Crippen LogP contribution in [0.3, 0.4) is 0 Å². The van der Waals surface area contributed by atoms with E-state index >= 15 is 0 Å². The van der Waals surface area contributed by atoms with Gasteiger partial charge in [0.25, 0.3) is 0 Å². The molecule has 45 heavy (non-hydrogen) atoms. The SMILES string of the molecule is CC/C=C\C/C=C\C/C=C\C/C=C\C/C=C\C/C=C\C/C=C\C/C=C\CCCCCCC(=O)NC(CO)C(O)CCCCCC. The van der Waals surface area contributed by atoms with Crippen LogP contribution in [-0.2, 0) is 4.79 Å². The summed E-state index contributed by atoms with van der Waals surface area (Å²) in [5, 5.41) is 22.6.